The second kappa shape index (κ2) is 7.99. The summed E-state index contributed by atoms with van der Waals surface area (Å²) in [5.74, 6) is 0. The number of hydrogen-bond donors (Lipinski definition) is 1. The van der Waals surface area contributed by atoms with Gasteiger partial charge >= 0.3 is 0 Å². The molecule has 0 heterocycles. The maximum Gasteiger partial charge on any atom is 0.281 e. The van der Waals surface area contributed by atoms with E-state index in [2.05, 4.69) is 0 Å². The summed E-state index contributed by atoms with van der Waals surface area (Å²) in [6.45, 7) is 2.65. The summed E-state index contributed by atoms with van der Waals surface area (Å²) in [5, 5.41) is 9.49. The Balaban J connectivity index is 4.38. The van der Waals surface area contributed by atoms with Gasteiger partial charge in [-0.25, -0.2) is 0 Å². The van der Waals surface area contributed by atoms with Gasteiger partial charge in [-0.05, 0) is 6.42 Å². The lowest BCUT2D eigenvalue weighted by atomic mass is 10.3. The van der Waals surface area contributed by atoms with E-state index < -0.39 is 16.3 Å². The van der Waals surface area contributed by atoms with Gasteiger partial charge < -0.3 is 9.84 Å². The Morgan fingerprint density at radius 1 is 1.29 bits per heavy atom. The van der Waals surface area contributed by atoms with Crippen molar-refractivity contribution in [1.29, 1.82) is 0 Å². The van der Waals surface area contributed by atoms with Gasteiger partial charge in [-0.15, -0.1) is 0 Å². The zero-order valence-corrected chi connectivity index (χ0v) is 11.9. The van der Waals surface area contributed by atoms with E-state index in [0.29, 0.717) is 6.54 Å². The predicted octanol–water partition coefficient (Wildman–Crippen LogP) is -0.0978. The molecule has 1 unspecified atom stereocenters. The number of likely N-dealkylation sites (N-methyl/N-ethyl adjacent to an activating group) is 1. The van der Waals surface area contributed by atoms with Gasteiger partial charge in [0.25, 0.3) is 10.2 Å². The topological polar surface area (TPSA) is 70.1 Å². The molecule has 0 radical (unpaired) electrons. The molecule has 1 N–H and O–H groups in total. The standard InChI is InChI=1S/C10H24N2O4S/c1-5-6-7-11(2)17(14,15)12(3)8-10(13)9-16-4/h10,13H,5-9H2,1-4H3. The third-order valence-corrected chi connectivity index (χ3v) is 4.35. The molecule has 0 aromatic heterocycles. The van der Waals surface area contributed by atoms with Crippen molar-refractivity contribution in [2.24, 2.45) is 0 Å². The zero-order valence-electron chi connectivity index (χ0n) is 11.1. The summed E-state index contributed by atoms with van der Waals surface area (Å²) in [5.41, 5.74) is 0. The smallest absolute Gasteiger partial charge is 0.281 e. The molecule has 104 valence electrons. The Morgan fingerprint density at radius 2 is 1.88 bits per heavy atom. The highest BCUT2D eigenvalue weighted by molar-refractivity contribution is 7.86. The fraction of sp³-hybridized carbons (Fsp3) is 1.00. The fourth-order valence-corrected chi connectivity index (χ4v) is 2.57. The molecule has 0 saturated heterocycles. The Labute approximate surface area is 104 Å². The number of methoxy groups -OCH3 is 1. The zero-order chi connectivity index (χ0) is 13.5. The largest absolute Gasteiger partial charge is 0.389 e. The Morgan fingerprint density at radius 3 is 2.35 bits per heavy atom. The number of aliphatic hydroxyl groups is 1. The lowest BCUT2D eigenvalue weighted by molar-refractivity contribution is 0.0547. The van der Waals surface area contributed by atoms with Crippen molar-refractivity contribution < 1.29 is 18.3 Å². The van der Waals surface area contributed by atoms with Gasteiger partial charge in [0.1, 0.15) is 0 Å². The molecule has 0 aromatic rings. The van der Waals surface area contributed by atoms with Gasteiger partial charge in [-0.3, -0.25) is 0 Å². The number of unbranched alkanes of at least 4 members (excludes halogenated alkanes) is 1. The van der Waals surface area contributed by atoms with Gasteiger partial charge in [0, 0.05) is 34.3 Å². The van der Waals surface area contributed by atoms with Gasteiger partial charge in [-0.2, -0.15) is 17.0 Å². The Bertz CT molecular complexity index is 295. The first-order valence-corrected chi connectivity index (χ1v) is 7.10. The summed E-state index contributed by atoms with van der Waals surface area (Å²) in [6, 6.07) is 0. The van der Waals surface area contributed by atoms with Gasteiger partial charge in [0.15, 0.2) is 0 Å². The van der Waals surface area contributed by atoms with Crippen LogP contribution in [-0.2, 0) is 14.9 Å². The van der Waals surface area contributed by atoms with E-state index in [1.165, 1.54) is 18.5 Å². The van der Waals surface area contributed by atoms with Gasteiger partial charge in [0.2, 0.25) is 0 Å². The minimum absolute atomic E-state index is 0.0344. The normalized spacial score (nSPS) is 14.5. The summed E-state index contributed by atoms with van der Waals surface area (Å²) in [7, 11) is 0.991. The monoisotopic (exact) mass is 268 g/mol. The average Bonchev–Trinajstić information content (AvgIpc) is 2.25. The van der Waals surface area contributed by atoms with E-state index in [1.54, 1.807) is 7.05 Å². The summed E-state index contributed by atoms with van der Waals surface area (Å²) < 4.78 is 31.2. The number of ether oxygens (including phenoxy) is 1. The summed E-state index contributed by atoms with van der Waals surface area (Å²) in [6.07, 6.45) is 0.958. The molecule has 0 aliphatic rings. The molecule has 0 aromatic carbocycles. The first-order valence-electron chi connectivity index (χ1n) is 5.70. The molecule has 0 saturated carbocycles. The lowest BCUT2D eigenvalue weighted by Crippen LogP contribution is -2.44. The van der Waals surface area contributed by atoms with Crippen LogP contribution in [0.4, 0.5) is 0 Å². The fourth-order valence-electron chi connectivity index (χ4n) is 1.37. The molecule has 1 atom stereocenters. The molecular weight excluding hydrogens is 244 g/mol. The average molecular weight is 268 g/mol. The van der Waals surface area contributed by atoms with Crippen LogP contribution in [0, 0.1) is 0 Å². The van der Waals surface area contributed by atoms with Crippen LogP contribution in [0.2, 0.25) is 0 Å². The van der Waals surface area contributed by atoms with Crippen LogP contribution in [0.5, 0.6) is 0 Å². The highest BCUT2D eigenvalue weighted by Crippen LogP contribution is 2.06. The SMILES string of the molecule is CCCCN(C)S(=O)(=O)N(C)CC(O)COC. The molecule has 17 heavy (non-hydrogen) atoms. The van der Waals surface area contributed by atoms with Gasteiger partial charge in [-0.1, -0.05) is 13.3 Å². The van der Waals surface area contributed by atoms with E-state index >= 15 is 0 Å². The van der Waals surface area contributed by atoms with Crippen LogP contribution in [0.15, 0.2) is 0 Å². The molecule has 0 spiro atoms. The van der Waals surface area contributed by atoms with E-state index in [4.69, 9.17) is 4.74 Å². The van der Waals surface area contributed by atoms with E-state index in [1.807, 2.05) is 6.92 Å². The van der Waals surface area contributed by atoms with E-state index in [0.717, 1.165) is 17.1 Å². The molecule has 0 fully saturated rings. The number of aliphatic hydroxyl groups excluding tert-OH is 1. The van der Waals surface area contributed by atoms with Crippen molar-refractivity contribution in [3.05, 3.63) is 0 Å². The number of rotatable bonds is 9. The second-order valence-corrected chi connectivity index (χ2v) is 6.21. The molecule has 7 heteroatoms. The van der Waals surface area contributed by atoms with Crippen LogP contribution in [0.25, 0.3) is 0 Å². The molecular formula is C10H24N2O4S. The van der Waals surface area contributed by atoms with Gasteiger partial charge in [0.05, 0.1) is 12.7 Å². The Hall–Kier alpha value is -0.210. The van der Waals surface area contributed by atoms with Crippen molar-refractivity contribution >= 4 is 10.2 Å². The molecule has 6 nitrogen and oxygen atoms in total. The lowest BCUT2D eigenvalue weighted by Gasteiger charge is -2.25. The maximum absolute atomic E-state index is 12.0. The van der Waals surface area contributed by atoms with Crippen LogP contribution < -0.4 is 0 Å². The summed E-state index contributed by atoms with van der Waals surface area (Å²) >= 11 is 0. The third kappa shape index (κ3) is 5.78. The highest BCUT2D eigenvalue weighted by atomic mass is 32.2. The van der Waals surface area contributed by atoms with Crippen LogP contribution >= 0.6 is 0 Å². The molecule has 0 aliphatic carbocycles. The minimum Gasteiger partial charge on any atom is -0.389 e. The molecule has 0 aliphatic heterocycles. The summed E-state index contributed by atoms with van der Waals surface area (Å²) in [4.78, 5) is 0. The minimum atomic E-state index is -3.47. The van der Waals surface area contributed by atoms with Crippen LogP contribution in [0.1, 0.15) is 19.8 Å². The number of hydrogen-bond acceptors (Lipinski definition) is 4. The number of nitrogens with zero attached hydrogens (tertiary/aromatic N) is 2. The van der Waals surface area contributed by atoms with Crippen molar-refractivity contribution in [3.8, 4) is 0 Å². The van der Waals surface area contributed by atoms with Crippen molar-refractivity contribution in [2.45, 2.75) is 25.9 Å². The first kappa shape index (κ1) is 16.8. The Kier molecular flexibility index (Phi) is 7.89. The molecule has 0 amide bonds. The van der Waals surface area contributed by atoms with Crippen molar-refractivity contribution in [3.63, 3.8) is 0 Å². The van der Waals surface area contributed by atoms with Crippen LogP contribution in [-0.4, -0.2) is 69.1 Å². The van der Waals surface area contributed by atoms with Crippen LogP contribution in [0.3, 0.4) is 0 Å². The third-order valence-electron chi connectivity index (χ3n) is 2.44. The maximum atomic E-state index is 12.0. The molecule has 0 rings (SSSR count). The van der Waals surface area contributed by atoms with E-state index in [-0.39, 0.29) is 13.2 Å². The second-order valence-electron chi connectivity index (χ2n) is 4.07. The van der Waals surface area contributed by atoms with Crippen molar-refractivity contribution in [2.75, 3.05) is 40.9 Å². The highest BCUT2D eigenvalue weighted by Gasteiger charge is 2.24. The van der Waals surface area contributed by atoms with E-state index in [9.17, 15) is 13.5 Å². The predicted molar refractivity (Wildman–Crippen MR) is 67.0 cm³/mol. The quantitative estimate of drug-likeness (QED) is 0.634. The molecule has 0 bridgehead atoms. The first-order chi connectivity index (χ1) is 7.86. The van der Waals surface area contributed by atoms with Crippen molar-refractivity contribution in [1.82, 2.24) is 8.61 Å².